The largest absolute Gasteiger partial charge is 0.476 e. The van der Waals surface area contributed by atoms with Crippen LogP contribution in [0.4, 0.5) is 0 Å². The fourth-order valence-corrected chi connectivity index (χ4v) is 3.18. The number of carbonyl (C=O) groups is 1. The van der Waals surface area contributed by atoms with Crippen molar-refractivity contribution >= 4 is 28.3 Å². The molecule has 0 aliphatic heterocycles. The Morgan fingerprint density at radius 2 is 2.00 bits per heavy atom. The lowest BCUT2D eigenvalue weighted by atomic mass is 9.95. The number of carboxylic acids is 1. The van der Waals surface area contributed by atoms with Crippen LogP contribution in [0.25, 0.3) is 11.0 Å². The molecule has 0 atom stereocenters. The molecule has 0 amide bonds. The van der Waals surface area contributed by atoms with E-state index in [4.69, 9.17) is 10.1 Å². The van der Waals surface area contributed by atoms with E-state index in [1.165, 1.54) is 11.3 Å². The van der Waals surface area contributed by atoms with Crippen LogP contribution in [0.2, 0.25) is 0 Å². The van der Waals surface area contributed by atoms with Gasteiger partial charge in [0.2, 0.25) is 0 Å². The summed E-state index contributed by atoms with van der Waals surface area (Å²) in [4.78, 5) is 19.9. The van der Waals surface area contributed by atoms with Gasteiger partial charge in [-0.25, -0.2) is 14.8 Å². The normalized spacial score (nSPS) is 12.0. The second-order valence-electron chi connectivity index (χ2n) is 6.19. The minimum Gasteiger partial charge on any atom is -0.476 e. The molecule has 0 unspecified atom stereocenters. The van der Waals surface area contributed by atoms with Crippen molar-refractivity contribution in [3.05, 3.63) is 46.2 Å². The van der Waals surface area contributed by atoms with Gasteiger partial charge in [0, 0.05) is 10.8 Å². The van der Waals surface area contributed by atoms with Gasteiger partial charge in [0.05, 0.1) is 17.6 Å². The van der Waals surface area contributed by atoms with E-state index in [1.807, 2.05) is 24.3 Å². The van der Waals surface area contributed by atoms with Crippen LogP contribution in [-0.2, 0) is 12.0 Å². The van der Waals surface area contributed by atoms with Crippen LogP contribution < -0.4 is 0 Å². The van der Waals surface area contributed by atoms with Crippen molar-refractivity contribution in [2.75, 3.05) is 0 Å². The molecule has 1 aromatic carbocycles. The number of fused-ring (bicyclic) bond motifs is 1. The number of imidazole rings is 1. The van der Waals surface area contributed by atoms with Gasteiger partial charge in [-0.3, -0.25) is 0 Å². The third kappa shape index (κ3) is 2.62. The molecule has 0 fully saturated rings. The van der Waals surface area contributed by atoms with Crippen LogP contribution in [0.1, 0.15) is 42.1 Å². The highest BCUT2D eigenvalue weighted by molar-refractivity contribution is 7.09. The van der Waals surface area contributed by atoms with Gasteiger partial charge in [0.15, 0.2) is 5.69 Å². The Morgan fingerprint density at radius 3 is 2.64 bits per heavy atom. The van der Waals surface area contributed by atoms with Crippen LogP contribution in [-0.4, -0.2) is 25.6 Å². The summed E-state index contributed by atoms with van der Waals surface area (Å²) in [6.45, 7) is 6.89. The molecule has 6 heteroatoms. The summed E-state index contributed by atoms with van der Waals surface area (Å²) in [5.74, 6) is -0.0187. The maximum Gasteiger partial charge on any atom is 0.355 e. The molecule has 114 valence electrons. The first kappa shape index (κ1) is 14.7. The third-order valence-corrected chi connectivity index (χ3v) is 4.22. The van der Waals surface area contributed by atoms with E-state index in [9.17, 15) is 4.79 Å². The topological polar surface area (TPSA) is 68.0 Å². The Labute approximate surface area is 132 Å². The Balaban J connectivity index is 2.09. The van der Waals surface area contributed by atoms with E-state index in [0.29, 0.717) is 6.54 Å². The average molecular weight is 315 g/mol. The Morgan fingerprint density at radius 1 is 1.27 bits per heavy atom. The minimum absolute atomic E-state index is 0.0988. The van der Waals surface area contributed by atoms with E-state index in [2.05, 4.69) is 30.3 Å². The number of thiazole rings is 1. The average Bonchev–Trinajstić information content (AvgIpc) is 3.04. The summed E-state index contributed by atoms with van der Waals surface area (Å²) in [7, 11) is 0. The van der Waals surface area contributed by atoms with E-state index in [0.717, 1.165) is 21.9 Å². The highest BCUT2D eigenvalue weighted by atomic mass is 32.1. The zero-order valence-corrected chi connectivity index (χ0v) is 13.5. The molecule has 5 nitrogen and oxygen atoms in total. The van der Waals surface area contributed by atoms with Crippen LogP contribution in [0.15, 0.2) is 29.6 Å². The maximum atomic E-state index is 11.0. The maximum absolute atomic E-state index is 11.0. The Hall–Kier alpha value is -2.21. The van der Waals surface area contributed by atoms with Gasteiger partial charge in [-0.1, -0.05) is 32.9 Å². The lowest BCUT2D eigenvalue weighted by molar-refractivity contribution is 0.0691. The molecule has 0 saturated heterocycles. The molecule has 0 aliphatic carbocycles. The second-order valence-corrected chi connectivity index (χ2v) is 7.13. The summed E-state index contributed by atoms with van der Waals surface area (Å²) in [5, 5.41) is 11.4. The third-order valence-electron chi connectivity index (χ3n) is 3.39. The number of para-hydroxylation sites is 2. The van der Waals surface area contributed by atoms with Crippen molar-refractivity contribution in [3.8, 4) is 0 Å². The number of benzene rings is 1. The summed E-state index contributed by atoms with van der Waals surface area (Å²) >= 11 is 1.36. The first-order valence-electron chi connectivity index (χ1n) is 7.00. The van der Waals surface area contributed by atoms with Crippen molar-refractivity contribution < 1.29 is 9.90 Å². The van der Waals surface area contributed by atoms with Gasteiger partial charge in [-0.05, 0) is 12.1 Å². The van der Waals surface area contributed by atoms with Crippen LogP contribution >= 0.6 is 11.3 Å². The number of rotatable bonds is 3. The highest BCUT2D eigenvalue weighted by Crippen LogP contribution is 2.27. The van der Waals surface area contributed by atoms with E-state index >= 15 is 0 Å². The van der Waals surface area contributed by atoms with E-state index in [-0.39, 0.29) is 11.1 Å². The van der Waals surface area contributed by atoms with Crippen molar-refractivity contribution in [2.45, 2.75) is 32.7 Å². The number of hydrogen-bond donors (Lipinski definition) is 1. The molecule has 0 radical (unpaired) electrons. The molecule has 0 aliphatic rings. The van der Waals surface area contributed by atoms with E-state index in [1.54, 1.807) is 5.38 Å². The highest BCUT2D eigenvalue weighted by Gasteiger charge is 2.23. The van der Waals surface area contributed by atoms with Gasteiger partial charge >= 0.3 is 5.97 Å². The number of carboxylic acid groups (broad SMARTS) is 1. The molecule has 0 saturated carbocycles. The number of aromatic nitrogens is 3. The fourth-order valence-electron chi connectivity index (χ4n) is 2.43. The summed E-state index contributed by atoms with van der Waals surface area (Å²) in [5.41, 5.74) is 1.98. The molecule has 22 heavy (non-hydrogen) atoms. The lowest BCUT2D eigenvalue weighted by Crippen LogP contribution is -2.19. The second kappa shape index (κ2) is 5.21. The van der Waals surface area contributed by atoms with Gasteiger partial charge in [0.1, 0.15) is 10.8 Å². The summed E-state index contributed by atoms with van der Waals surface area (Å²) in [6, 6.07) is 7.98. The number of aromatic carboxylic acids is 1. The van der Waals surface area contributed by atoms with Gasteiger partial charge in [-0.2, -0.15) is 0 Å². The van der Waals surface area contributed by atoms with Gasteiger partial charge < -0.3 is 9.67 Å². The fraction of sp³-hybridized carbons (Fsp3) is 0.312. The first-order chi connectivity index (χ1) is 10.4. The van der Waals surface area contributed by atoms with Crippen molar-refractivity contribution in [3.63, 3.8) is 0 Å². The molecule has 3 aromatic rings. The van der Waals surface area contributed by atoms with Gasteiger partial charge in [-0.15, -0.1) is 11.3 Å². The molecule has 0 spiro atoms. The van der Waals surface area contributed by atoms with E-state index < -0.39 is 5.97 Å². The molecular weight excluding hydrogens is 298 g/mol. The van der Waals surface area contributed by atoms with Crippen LogP contribution in [0.3, 0.4) is 0 Å². The molecule has 2 heterocycles. The Kier molecular flexibility index (Phi) is 3.48. The molecule has 2 aromatic heterocycles. The summed E-state index contributed by atoms with van der Waals surface area (Å²) in [6.07, 6.45) is 0. The summed E-state index contributed by atoms with van der Waals surface area (Å²) < 4.78 is 2.12. The van der Waals surface area contributed by atoms with Crippen molar-refractivity contribution in [1.29, 1.82) is 0 Å². The minimum atomic E-state index is -0.992. The molecule has 1 N–H and O–H groups in total. The first-order valence-corrected chi connectivity index (χ1v) is 7.87. The SMILES string of the molecule is CC(C)(C)c1nc2ccccc2n1Cc1nc(C(=O)O)cs1. The lowest BCUT2D eigenvalue weighted by Gasteiger charge is -2.19. The smallest absolute Gasteiger partial charge is 0.355 e. The van der Waals surface area contributed by atoms with Crippen LogP contribution in [0, 0.1) is 0 Å². The molecule has 3 rings (SSSR count). The molecule has 0 bridgehead atoms. The number of nitrogens with zero attached hydrogens (tertiary/aromatic N) is 3. The zero-order chi connectivity index (χ0) is 15.9. The van der Waals surface area contributed by atoms with Gasteiger partial charge in [0.25, 0.3) is 0 Å². The predicted octanol–water partition coefficient (Wildman–Crippen LogP) is 3.54. The van der Waals surface area contributed by atoms with Crippen molar-refractivity contribution in [2.24, 2.45) is 0 Å². The standard InChI is InChI=1S/C16H17N3O2S/c1-16(2,3)15-18-10-6-4-5-7-12(10)19(15)8-13-17-11(9-22-13)14(20)21/h4-7,9H,8H2,1-3H3,(H,20,21). The number of hydrogen-bond acceptors (Lipinski definition) is 4. The monoisotopic (exact) mass is 315 g/mol. The van der Waals surface area contributed by atoms with Crippen LogP contribution in [0.5, 0.6) is 0 Å². The quantitative estimate of drug-likeness (QED) is 0.802. The predicted molar refractivity (Wildman–Crippen MR) is 86.6 cm³/mol. The van der Waals surface area contributed by atoms with Crippen molar-refractivity contribution in [1.82, 2.24) is 14.5 Å². The Bertz CT molecular complexity index is 843. The zero-order valence-electron chi connectivity index (χ0n) is 12.7. The molecular formula is C16H17N3O2S.